The molecule has 0 aliphatic heterocycles. The van der Waals surface area contributed by atoms with E-state index < -0.39 is 0 Å². The molecule has 2 nitrogen and oxygen atoms in total. The lowest BCUT2D eigenvalue weighted by atomic mass is 9.46. The SMILES string of the molecule is CCN(CC)C(=O)[C@]1(C)CCC[C@@]2(C)C1CC=C1C=C(C(C)C)CC[C@@H]12. The lowest BCUT2D eigenvalue weighted by Crippen LogP contribution is -2.56. The second-order valence-electron chi connectivity index (χ2n) is 9.71. The van der Waals surface area contributed by atoms with Gasteiger partial charge in [0.15, 0.2) is 0 Å². The zero-order valence-electron chi connectivity index (χ0n) is 17.9. The van der Waals surface area contributed by atoms with Crippen molar-refractivity contribution in [1.29, 1.82) is 0 Å². The second-order valence-corrected chi connectivity index (χ2v) is 9.71. The average Bonchev–Trinajstić information content (AvgIpc) is 2.62. The maximum Gasteiger partial charge on any atom is 0.228 e. The van der Waals surface area contributed by atoms with Crippen LogP contribution in [0, 0.1) is 28.6 Å². The molecule has 3 aliphatic carbocycles. The minimum atomic E-state index is -0.191. The van der Waals surface area contributed by atoms with Crippen LogP contribution in [0.2, 0.25) is 0 Å². The molecule has 0 saturated heterocycles. The minimum Gasteiger partial charge on any atom is -0.343 e. The van der Waals surface area contributed by atoms with Crippen LogP contribution in [0.3, 0.4) is 0 Å². The molecule has 0 aromatic rings. The Morgan fingerprint density at radius 2 is 1.92 bits per heavy atom. The van der Waals surface area contributed by atoms with Crippen molar-refractivity contribution in [3.63, 3.8) is 0 Å². The molecular weight excluding hydrogens is 318 g/mol. The summed E-state index contributed by atoms with van der Waals surface area (Å²) in [6, 6.07) is 0. The molecule has 146 valence electrons. The highest BCUT2D eigenvalue weighted by Gasteiger charge is 2.57. The van der Waals surface area contributed by atoms with Crippen molar-refractivity contribution >= 4 is 5.91 Å². The number of rotatable bonds is 4. The molecule has 2 heteroatoms. The standard InChI is InChI=1S/C24H39NO/c1-7-25(8-2)22(26)24(6)15-9-14-23(5)20-12-10-18(17(3)4)16-19(20)11-13-21(23)24/h11,16-17,20-21H,7-10,12-15H2,1-6H3/t20-,21?,23+,24+/m0/s1. The van der Waals surface area contributed by atoms with Gasteiger partial charge in [-0.1, -0.05) is 51.8 Å². The van der Waals surface area contributed by atoms with E-state index in [1.54, 1.807) is 11.1 Å². The van der Waals surface area contributed by atoms with E-state index in [9.17, 15) is 4.79 Å². The molecule has 1 saturated carbocycles. The summed E-state index contributed by atoms with van der Waals surface area (Å²) >= 11 is 0. The summed E-state index contributed by atoms with van der Waals surface area (Å²) in [5.41, 5.74) is 3.28. The average molecular weight is 358 g/mol. The highest BCUT2D eigenvalue weighted by atomic mass is 16.2. The smallest absolute Gasteiger partial charge is 0.228 e. The Morgan fingerprint density at radius 3 is 2.54 bits per heavy atom. The molecule has 26 heavy (non-hydrogen) atoms. The van der Waals surface area contributed by atoms with E-state index in [0.717, 1.165) is 25.9 Å². The van der Waals surface area contributed by atoms with Crippen molar-refractivity contribution in [3.05, 3.63) is 23.3 Å². The summed E-state index contributed by atoms with van der Waals surface area (Å²) < 4.78 is 0. The highest BCUT2D eigenvalue weighted by molar-refractivity contribution is 5.83. The minimum absolute atomic E-state index is 0.191. The van der Waals surface area contributed by atoms with Crippen molar-refractivity contribution < 1.29 is 4.79 Å². The number of carbonyl (C=O) groups excluding carboxylic acids is 1. The van der Waals surface area contributed by atoms with E-state index in [0.29, 0.717) is 23.7 Å². The molecule has 1 amide bonds. The molecule has 0 aromatic carbocycles. The van der Waals surface area contributed by atoms with E-state index in [1.807, 2.05) is 0 Å². The van der Waals surface area contributed by atoms with Gasteiger partial charge >= 0.3 is 0 Å². The largest absolute Gasteiger partial charge is 0.343 e. The number of fused-ring (bicyclic) bond motifs is 3. The van der Waals surface area contributed by atoms with Gasteiger partial charge in [0.25, 0.3) is 0 Å². The van der Waals surface area contributed by atoms with Crippen LogP contribution in [0.4, 0.5) is 0 Å². The van der Waals surface area contributed by atoms with Gasteiger partial charge in [0.1, 0.15) is 0 Å². The van der Waals surface area contributed by atoms with Crippen molar-refractivity contribution in [3.8, 4) is 0 Å². The summed E-state index contributed by atoms with van der Waals surface area (Å²) in [6.45, 7) is 15.3. The van der Waals surface area contributed by atoms with Crippen molar-refractivity contribution in [1.82, 2.24) is 4.90 Å². The van der Waals surface area contributed by atoms with Crippen molar-refractivity contribution in [2.45, 2.75) is 80.1 Å². The van der Waals surface area contributed by atoms with E-state index in [2.05, 4.69) is 58.6 Å². The summed E-state index contributed by atoms with van der Waals surface area (Å²) in [4.78, 5) is 15.5. The normalized spacial score (nSPS) is 36.7. The van der Waals surface area contributed by atoms with Crippen LogP contribution < -0.4 is 0 Å². The zero-order valence-corrected chi connectivity index (χ0v) is 17.9. The fraction of sp³-hybridized carbons (Fsp3) is 0.792. The van der Waals surface area contributed by atoms with Crippen LogP contribution in [0.15, 0.2) is 23.3 Å². The predicted molar refractivity (Wildman–Crippen MR) is 110 cm³/mol. The summed E-state index contributed by atoms with van der Waals surface area (Å²) in [5.74, 6) is 2.19. The molecule has 0 bridgehead atoms. The van der Waals surface area contributed by atoms with Gasteiger partial charge in [-0.25, -0.2) is 0 Å². The van der Waals surface area contributed by atoms with Crippen LogP contribution in [0.1, 0.15) is 80.1 Å². The first kappa shape index (κ1) is 19.7. The molecule has 3 aliphatic rings. The Labute approximate surface area is 161 Å². The third-order valence-corrected chi connectivity index (χ3v) is 8.12. The van der Waals surface area contributed by atoms with Gasteiger partial charge in [-0.15, -0.1) is 0 Å². The first-order valence-corrected chi connectivity index (χ1v) is 11.0. The van der Waals surface area contributed by atoms with Gasteiger partial charge in [0, 0.05) is 13.1 Å². The Balaban J connectivity index is 1.96. The molecule has 1 fully saturated rings. The molecule has 3 rings (SSSR count). The number of carbonyl (C=O) groups is 1. The lowest BCUT2D eigenvalue weighted by Gasteiger charge is -2.58. The molecule has 0 N–H and O–H groups in total. The molecule has 4 atom stereocenters. The van der Waals surface area contributed by atoms with E-state index in [1.165, 1.54) is 25.7 Å². The zero-order chi connectivity index (χ0) is 19.1. The van der Waals surface area contributed by atoms with Gasteiger partial charge < -0.3 is 4.90 Å². The summed E-state index contributed by atoms with van der Waals surface area (Å²) in [6.07, 6.45) is 12.1. The van der Waals surface area contributed by atoms with Crippen molar-refractivity contribution in [2.24, 2.45) is 28.6 Å². The highest BCUT2D eigenvalue weighted by Crippen LogP contribution is 2.62. The molecule has 1 unspecified atom stereocenters. The van der Waals surface area contributed by atoms with Crippen LogP contribution in [-0.4, -0.2) is 23.9 Å². The van der Waals surface area contributed by atoms with Crippen molar-refractivity contribution in [2.75, 3.05) is 13.1 Å². The quantitative estimate of drug-likeness (QED) is 0.605. The Hall–Kier alpha value is -1.05. The van der Waals surface area contributed by atoms with Gasteiger partial charge in [0.05, 0.1) is 5.41 Å². The maximum atomic E-state index is 13.5. The van der Waals surface area contributed by atoms with Crippen LogP contribution in [0.5, 0.6) is 0 Å². The fourth-order valence-electron chi connectivity index (χ4n) is 6.47. The Bertz CT molecular complexity index is 612. The van der Waals surface area contributed by atoms with Crippen LogP contribution in [-0.2, 0) is 4.79 Å². The Morgan fingerprint density at radius 1 is 1.23 bits per heavy atom. The molecule has 0 radical (unpaired) electrons. The van der Waals surface area contributed by atoms with Crippen LogP contribution >= 0.6 is 0 Å². The maximum absolute atomic E-state index is 13.5. The van der Waals surface area contributed by atoms with E-state index in [-0.39, 0.29) is 10.8 Å². The second kappa shape index (κ2) is 7.17. The number of hydrogen-bond donors (Lipinski definition) is 0. The monoisotopic (exact) mass is 357 g/mol. The molecular formula is C24H39NO. The van der Waals surface area contributed by atoms with Gasteiger partial charge in [-0.3, -0.25) is 4.79 Å². The number of amides is 1. The molecule has 0 heterocycles. The summed E-state index contributed by atoms with van der Waals surface area (Å²) in [7, 11) is 0. The number of hydrogen-bond acceptors (Lipinski definition) is 1. The van der Waals surface area contributed by atoms with E-state index >= 15 is 0 Å². The topological polar surface area (TPSA) is 20.3 Å². The fourth-order valence-corrected chi connectivity index (χ4v) is 6.47. The first-order chi connectivity index (χ1) is 12.3. The Kier molecular flexibility index (Phi) is 5.43. The number of allylic oxidation sites excluding steroid dienone is 4. The molecule has 0 spiro atoms. The van der Waals surface area contributed by atoms with E-state index in [4.69, 9.17) is 0 Å². The van der Waals surface area contributed by atoms with Crippen LogP contribution in [0.25, 0.3) is 0 Å². The van der Waals surface area contributed by atoms with Gasteiger partial charge in [-0.05, 0) is 74.7 Å². The third-order valence-electron chi connectivity index (χ3n) is 8.12. The third kappa shape index (κ3) is 2.98. The first-order valence-electron chi connectivity index (χ1n) is 11.0. The lowest BCUT2D eigenvalue weighted by molar-refractivity contribution is -0.155. The van der Waals surface area contributed by atoms with Gasteiger partial charge in [0.2, 0.25) is 5.91 Å². The summed E-state index contributed by atoms with van der Waals surface area (Å²) in [5, 5.41) is 0. The molecule has 0 aromatic heterocycles. The number of nitrogens with zero attached hydrogens (tertiary/aromatic N) is 1. The predicted octanol–water partition coefficient (Wildman–Crippen LogP) is 5.99. The van der Waals surface area contributed by atoms with Gasteiger partial charge in [-0.2, -0.15) is 0 Å².